The lowest BCUT2D eigenvalue weighted by atomic mass is 10.0. The molecule has 3 atom stereocenters. The van der Waals surface area contributed by atoms with E-state index in [0.29, 0.717) is 17.4 Å². The van der Waals surface area contributed by atoms with E-state index < -0.39 is 20.0 Å². The molecule has 0 saturated heterocycles. The molecule has 0 aromatic carbocycles. The molecule has 1 N–H and O–H groups in total. The smallest absolute Gasteiger partial charge is 0.306 e. The van der Waals surface area contributed by atoms with Gasteiger partial charge in [-0.1, -0.05) is 256 Å². The van der Waals surface area contributed by atoms with Gasteiger partial charge in [0.05, 0.1) is 33.8 Å². The Kier molecular flexibility index (Phi) is 54.7. The Morgan fingerprint density at radius 2 is 0.803 bits per heavy atom. The third kappa shape index (κ3) is 56.7. The number of allylic oxidation sites excluding steroid dienone is 7. The van der Waals surface area contributed by atoms with Crippen molar-refractivity contribution in [3.05, 3.63) is 48.6 Å². The summed E-state index contributed by atoms with van der Waals surface area (Å²) in [5, 5.41) is 3.03. The number of unbranched alkanes of at least 4 members (excludes halogenated alkanes) is 37. The molecule has 76 heavy (non-hydrogen) atoms. The van der Waals surface area contributed by atoms with Gasteiger partial charge in [0.25, 0.3) is 7.82 Å². The summed E-state index contributed by atoms with van der Waals surface area (Å²) in [6.45, 7) is 6.84. The molecule has 0 bridgehead atoms. The van der Waals surface area contributed by atoms with Crippen molar-refractivity contribution < 1.29 is 37.3 Å². The second-order valence-electron chi connectivity index (χ2n) is 23.3. The van der Waals surface area contributed by atoms with Crippen LogP contribution in [0, 0.1) is 0 Å². The van der Waals surface area contributed by atoms with Gasteiger partial charge in [-0.3, -0.25) is 14.2 Å². The summed E-state index contributed by atoms with van der Waals surface area (Å²) in [7, 11) is 1.19. The minimum atomic E-state index is -4.70. The minimum Gasteiger partial charge on any atom is -0.756 e. The molecular formula is C66H125N2O7P. The van der Waals surface area contributed by atoms with Gasteiger partial charge in [0.15, 0.2) is 0 Å². The average molecular weight is 1090 g/mol. The molecule has 0 aromatic heterocycles. The van der Waals surface area contributed by atoms with Gasteiger partial charge in [0.2, 0.25) is 5.91 Å². The number of rotatable bonds is 59. The van der Waals surface area contributed by atoms with Gasteiger partial charge in [-0.2, -0.15) is 0 Å². The Balaban J connectivity index is 5.19. The van der Waals surface area contributed by atoms with Crippen LogP contribution in [0.3, 0.4) is 0 Å². The lowest BCUT2D eigenvalue weighted by Crippen LogP contribution is -2.47. The number of nitrogens with zero attached hydrogens (tertiary/aromatic N) is 1. The third-order valence-corrected chi connectivity index (χ3v) is 15.4. The van der Waals surface area contributed by atoms with Gasteiger partial charge in [-0.25, -0.2) is 0 Å². The normalized spacial score (nSPS) is 13.9. The number of quaternary nitrogens is 1. The van der Waals surface area contributed by atoms with Crippen molar-refractivity contribution in [2.75, 3.05) is 40.9 Å². The highest BCUT2D eigenvalue weighted by molar-refractivity contribution is 7.45. The maximum atomic E-state index is 13.5. The quantitative estimate of drug-likeness (QED) is 0.0212. The van der Waals surface area contributed by atoms with Gasteiger partial charge in [0, 0.05) is 12.8 Å². The van der Waals surface area contributed by atoms with Crippen molar-refractivity contribution in [3.8, 4) is 0 Å². The van der Waals surface area contributed by atoms with Crippen LogP contribution in [0.1, 0.15) is 310 Å². The number of hydrogen-bond acceptors (Lipinski definition) is 7. The maximum absolute atomic E-state index is 13.5. The lowest BCUT2D eigenvalue weighted by Gasteiger charge is -2.30. The molecule has 1 amide bonds. The standard InChI is InChI=1S/C66H125N2O7P/c1-7-10-13-16-19-22-25-28-30-32-33-34-35-37-39-41-44-47-50-53-56-59-66(70)75-64(57-54-51-48-45-42-27-24-21-18-15-12-9-3)63(62-74-76(71,72)73-61-60-68(4,5)6)67-65(69)58-55-52-49-46-43-40-38-36-31-29-26-23-20-17-14-11-8-2/h19,22,28-31,54,57,63-64H,7-18,20-21,23-27,32-53,55-56,58-62H2,1-6H3,(H-,67,69,71,72)/b22-19-,30-28-,31-29+,57-54+. The van der Waals surface area contributed by atoms with Gasteiger partial charge in [0.1, 0.15) is 19.3 Å². The Morgan fingerprint density at radius 1 is 0.461 bits per heavy atom. The van der Waals surface area contributed by atoms with Gasteiger partial charge in [-0.15, -0.1) is 0 Å². The van der Waals surface area contributed by atoms with E-state index in [1.165, 1.54) is 199 Å². The van der Waals surface area contributed by atoms with Crippen LogP contribution in [-0.2, 0) is 27.9 Å². The van der Waals surface area contributed by atoms with E-state index in [1.807, 2.05) is 33.3 Å². The molecule has 9 nitrogen and oxygen atoms in total. The first kappa shape index (κ1) is 74.0. The predicted octanol–water partition coefficient (Wildman–Crippen LogP) is 19.4. The second kappa shape index (κ2) is 56.3. The molecule has 0 aliphatic heterocycles. The fourth-order valence-electron chi connectivity index (χ4n) is 9.43. The van der Waals surface area contributed by atoms with E-state index in [4.69, 9.17) is 13.8 Å². The predicted molar refractivity (Wildman–Crippen MR) is 326 cm³/mol. The zero-order valence-electron chi connectivity index (χ0n) is 51.0. The average Bonchev–Trinajstić information content (AvgIpc) is 3.38. The molecule has 0 radical (unpaired) electrons. The summed E-state index contributed by atoms with van der Waals surface area (Å²) < 4.78 is 30.4. The summed E-state index contributed by atoms with van der Waals surface area (Å²) >= 11 is 0. The van der Waals surface area contributed by atoms with E-state index in [1.54, 1.807) is 0 Å². The van der Waals surface area contributed by atoms with Crippen LogP contribution in [0.2, 0.25) is 0 Å². The largest absolute Gasteiger partial charge is 0.756 e. The first-order valence-corrected chi connectivity index (χ1v) is 33.9. The number of amides is 1. The Labute approximate surface area is 471 Å². The zero-order valence-corrected chi connectivity index (χ0v) is 51.9. The molecule has 3 unspecified atom stereocenters. The maximum Gasteiger partial charge on any atom is 0.306 e. The molecular weight excluding hydrogens is 964 g/mol. The molecule has 0 aliphatic carbocycles. The van der Waals surface area contributed by atoms with E-state index >= 15 is 0 Å². The van der Waals surface area contributed by atoms with Gasteiger partial charge < -0.3 is 28.5 Å². The minimum absolute atomic E-state index is 0.0227. The van der Waals surface area contributed by atoms with Crippen molar-refractivity contribution in [2.45, 2.75) is 322 Å². The number of esters is 1. The number of phosphoric acid groups is 1. The van der Waals surface area contributed by atoms with Crippen LogP contribution >= 0.6 is 7.82 Å². The van der Waals surface area contributed by atoms with Crippen LogP contribution in [0.25, 0.3) is 0 Å². The van der Waals surface area contributed by atoms with Gasteiger partial charge in [-0.05, 0) is 89.5 Å². The summed E-state index contributed by atoms with van der Waals surface area (Å²) in [4.78, 5) is 40.0. The molecule has 0 fully saturated rings. The summed E-state index contributed by atoms with van der Waals surface area (Å²) in [5.41, 5.74) is 0. The number of phosphoric ester groups is 1. The lowest BCUT2D eigenvalue weighted by molar-refractivity contribution is -0.870. The van der Waals surface area contributed by atoms with E-state index in [2.05, 4.69) is 62.5 Å². The number of carbonyl (C=O) groups excluding carboxylic acids is 2. The number of nitrogens with one attached hydrogen (secondary N) is 1. The molecule has 0 aromatic rings. The van der Waals surface area contributed by atoms with Crippen molar-refractivity contribution in [1.29, 1.82) is 0 Å². The van der Waals surface area contributed by atoms with Crippen LogP contribution in [0.5, 0.6) is 0 Å². The Hall–Kier alpha value is -2.03. The number of ether oxygens (including phenoxy) is 1. The van der Waals surface area contributed by atoms with E-state index in [0.717, 1.165) is 77.0 Å². The fraction of sp³-hybridized carbons (Fsp3) is 0.848. The molecule has 0 heterocycles. The van der Waals surface area contributed by atoms with Crippen molar-refractivity contribution >= 4 is 19.7 Å². The first-order valence-electron chi connectivity index (χ1n) is 32.4. The SMILES string of the molecule is CCCCC/C=C\C/C=C\CCCCCCCCCCCCCC(=O)OC(/C=C/CCCCCCCCCCCC)C(COP(=O)([O-])OCC[N+](C)(C)C)NC(=O)CCCCCCCCC/C=C/CCCCCCCC. The van der Waals surface area contributed by atoms with Crippen LogP contribution in [0.15, 0.2) is 48.6 Å². The van der Waals surface area contributed by atoms with Crippen LogP contribution in [0.4, 0.5) is 0 Å². The highest BCUT2D eigenvalue weighted by atomic mass is 31.2. The topological polar surface area (TPSA) is 114 Å². The zero-order chi connectivity index (χ0) is 55.7. The molecule has 10 heteroatoms. The summed E-state index contributed by atoms with van der Waals surface area (Å²) in [5.74, 6) is -0.538. The van der Waals surface area contributed by atoms with Crippen molar-refractivity contribution in [3.63, 3.8) is 0 Å². The molecule has 0 spiro atoms. The molecule has 446 valence electrons. The van der Waals surface area contributed by atoms with Crippen molar-refractivity contribution in [1.82, 2.24) is 5.32 Å². The summed E-state index contributed by atoms with van der Waals surface area (Å²) in [6.07, 6.45) is 69.3. The van der Waals surface area contributed by atoms with E-state index in [-0.39, 0.29) is 31.5 Å². The molecule has 0 aliphatic rings. The second-order valence-corrected chi connectivity index (χ2v) is 24.7. The highest BCUT2D eigenvalue weighted by Gasteiger charge is 2.27. The monoisotopic (exact) mass is 1090 g/mol. The Morgan fingerprint density at radius 3 is 1.22 bits per heavy atom. The van der Waals surface area contributed by atoms with Crippen molar-refractivity contribution in [2.24, 2.45) is 0 Å². The van der Waals surface area contributed by atoms with E-state index in [9.17, 15) is 19.0 Å². The first-order chi connectivity index (χ1) is 36.9. The fourth-order valence-corrected chi connectivity index (χ4v) is 10.2. The third-order valence-electron chi connectivity index (χ3n) is 14.5. The number of hydrogen-bond donors (Lipinski definition) is 1. The molecule has 0 saturated carbocycles. The van der Waals surface area contributed by atoms with Crippen LogP contribution in [-0.4, -0.2) is 69.4 Å². The Bertz CT molecular complexity index is 1440. The molecule has 0 rings (SSSR count). The summed E-state index contributed by atoms with van der Waals surface area (Å²) in [6, 6.07) is -0.890. The number of carbonyl (C=O) groups is 2. The van der Waals surface area contributed by atoms with Gasteiger partial charge >= 0.3 is 5.97 Å². The van der Waals surface area contributed by atoms with Crippen LogP contribution < -0.4 is 10.2 Å². The number of likely N-dealkylation sites (N-methyl/N-ethyl adjacent to an activating group) is 1. The highest BCUT2D eigenvalue weighted by Crippen LogP contribution is 2.38.